The summed E-state index contributed by atoms with van der Waals surface area (Å²) in [6.45, 7) is 0. The van der Waals surface area contributed by atoms with E-state index in [4.69, 9.17) is 11.6 Å². The van der Waals surface area contributed by atoms with Gasteiger partial charge in [-0.1, -0.05) is 17.7 Å². The summed E-state index contributed by atoms with van der Waals surface area (Å²) < 4.78 is 22.8. The topological polar surface area (TPSA) is 59.4 Å². The van der Waals surface area contributed by atoms with Crippen LogP contribution in [0.3, 0.4) is 0 Å². The average Bonchev–Trinajstić information content (AvgIpc) is 2.44. The van der Waals surface area contributed by atoms with E-state index in [1.807, 2.05) is 0 Å². The summed E-state index contributed by atoms with van der Waals surface area (Å²) in [5.74, 6) is 0. The Morgan fingerprint density at radius 2 is 2.07 bits per heavy atom. The molecule has 14 heavy (non-hydrogen) atoms. The normalized spacial score (nSPS) is 18.9. The number of nitrogens with zero attached hydrogens (tertiary/aromatic N) is 2. The first-order valence-corrected chi connectivity index (χ1v) is 5.58. The van der Waals surface area contributed by atoms with Gasteiger partial charge in [-0.25, -0.2) is 13.4 Å². The van der Waals surface area contributed by atoms with E-state index in [9.17, 15) is 8.42 Å². The van der Waals surface area contributed by atoms with Crippen molar-refractivity contribution in [1.82, 2.24) is 4.98 Å². The minimum atomic E-state index is -3.60. The predicted octanol–water partition coefficient (Wildman–Crippen LogP) is 1.29. The largest absolute Gasteiger partial charge is 0.254 e. The molecule has 6 heteroatoms. The quantitative estimate of drug-likeness (QED) is 0.728. The van der Waals surface area contributed by atoms with Crippen LogP contribution in [0.15, 0.2) is 40.0 Å². The molecule has 1 aliphatic heterocycles. The first kappa shape index (κ1) is 9.36. The molecule has 1 aliphatic rings. The van der Waals surface area contributed by atoms with Crippen molar-refractivity contribution in [3.8, 4) is 0 Å². The molecule has 0 N–H and O–H groups in total. The molecular formula is C8H5ClN2O2S. The van der Waals surface area contributed by atoms with Crippen LogP contribution >= 0.6 is 11.6 Å². The smallest absolute Gasteiger partial charge is 0.238 e. The summed E-state index contributed by atoms with van der Waals surface area (Å²) in [5, 5.41) is -0.0944. The van der Waals surface area contributed by atoms with Gasteiger partial charge in [0.05, 0.1) is 6.20 Å². The third-order valence-electron chi connectivity index (χ3n) is 1.68. The van der Waals surface area contributed by atoms with Gasteiger partial charge in [0, 0.05) is 6.20 Å². The van der Waals surface area contributed by atoms with E-state index in [1.165, 1.54) is 6.20 Å². The van der Waals surface area contributed by atoms with Crippen LogP contribution in [0.5, 0.6) is 0 Å². The summed E-state index contributed by atoms with van der Waals surface area (Å²) in [7, 11) is -3.60. The summed E-state index contributed by atoms with van der Waals surface area (Å²) in [5.41, 5.74) is 0.305. The lowest BCUT2D eigenvalue weighted by atomic mass is 10.4. The molecule has 72 valence electrons. The maximum atomic E-state index is 11.5. The van der Waals surface area contributed by atoms with Gasteiger partial charge in [0.15, 0.2) is 9.41 Å². The highest BCUT2D eigenvalue weighted by Crippen LogP contribution is 2.23. The molecule has 2 heterocycles. The minimum Gasteiger partial charge on any atom is -0.254 e. The lowest BCUT2D eigenvalue weighted by molar-refractivity contribution is 0.615. The fraction of sp³-hybridized carbons (Fsp3) is 0. The van der Waals surface area contributed by atoms with E-state index in [0.717, 1.165) is 6.20 Å². The van der Waals surface area contributed by atoms with Crippen molar-refractivity contribution in [1.29, 1.82) is 0 Å². The van der Waals surface area contributed by atoms with Gasteiger partial charge in [-0.05, 0) is 12.1 Å². The Labute approximate surface area is 85.9 Å². The van der Waals surface area contributed by atoms with Crippen LogP contribution in [0.1, 0.15) is 5.69 Å². The second kappa shape index (κ2) is 3.18. The summed E-state index contributed by atoms with van der Waals surface area (Å²) in [4.78, 5) is 7.60. The van der Waals surface area contributed by atoms with Crippen LogP contribution in [0.4, 0.5) is 0 Å². The standard InChI is InChI=1S/C8H5ClN2O2S/c9-7-5-11-8(14(7,12)13)6-3-1-2-4-10-6/h1-5H. The molecular weight excluding hydrogens is 224 g/mol. The molecule has 1 aromatic rings. The van der Waals surface area contributed by atoms with Crippen molar-refractivity contribution in [2.24, 2.45) is 4.99 Å². The molecule has 0 fully saturated rings. The number of aliphatic imine (C=N–C) groups is 1. The van der Waals surface area contributed by atoms with Gasteiger partial charge in [0.2, 0.25) is 9.84 Å². The fourth-order valence-corrected chi connectivity index (χ4v) is 2.27. The van der Waals surface area contributed by atoms with Crippen LogP contribution in [0, 0.1) is 0 Å². The molecule has 0 radical (unpaired) electrons. The molecule has 0 unspecified atom stereocenters. The van der Waals surface area contributed by atoms with E-state index in [2.05, 4.69) is 9.98 Å². The van der Waals surface area contributed by atoms with E-state index in [-0.39, 0.29) is 9.41 Å². The fourth-order valence-electron chi connectivity index (χ4n) is 1.03. The number of hydrogen-bond acceptors (Lipinski definition) is 4. The van der Waals surface area contributed by atoms with E-state index in [0.29, 0.717) is 5.69 Å². The van der Waals surface area contributed by atoms with E-state index in [1.54, 1.807) is 18.2 Å². The number of rotatable bonds is 1. The molecule has 2 rings (SSSR count). The molecule has 0 spiro atoms. The van der Waals surface area contributed by atoms with Crippen LogP contribution in [0.25, 0.3) is 0 Å². The molecule has 0 atom stereocenters. The monoisotopic (exact) mass is 228 g/mol. The van der Waals surface area contributed by atoms with Gasteiger partial charge in [-0.3, -0.25) is 4.98 Å². The Balaban J connectivity index is 2.53. The molecule has 4 nitrogen and oxygen atoms in total. The van der Waals surface area contributed by atoms with E-state index < -0.39 is 9.84 Å². The number of sulfone groups is 1. The maximum Gasteiger partial charge on any atom is 0.238 e. The zero-order chi connectivity index (χ0) is 10.2. The van der Waals surface area contributed by atoms with Gasteiger partial charge in [-0.15, -0.1) is 0 Å². The van der Waals surface area contributed by atoms with Crippen LogP contribution < -0.4 is 0 Å². The molecule has 0 aliphatic carbocycles. The van der Waals surface area contributed by atoms with Crippen LogP contribution in [-0.2, 0) is 9.84 Å². The molecule has 0 saturated heterocycles. The summed E-state index contributed by atoms with van der Waals surface area (Å²) >= 11 is 5.48. The summed E-state index contributed by atoms with van der Waals surface area (Å²) in [6.07, 6.45) is 2.61. The second-order valence-electron chi connectivity index (χ2n) is 2.59. The highest BCUT2D eigenvalue weighted by Gasteiger charge is 2.30. The predicted molar refractivity (Wildman–Crippen MR) is 53.6 cm³/mol. The Kier molecular flexibility index (Phi) is 2.13. The second-order valence-corrected chi connectivity index (χ2v) is 5.05. The highest BCUT2D eigenvalue weighted by atomic mass is 35.5. The maximum absolute atomic E-state index is 11.5. The first-order chi connectivity index (χ1) is 6.62. The third-order valence-corrected chi connectivity index (χ3v) is 3.83. The van der Waals surface area contributed by atoms with E-state index >= 15 is 0 Å². The lowest BCUT2D eigenvalue weighted by Gasteiger charge is -1.99. The van der Waals surface area contributed by atoms with Crippen LogP contribution in [-0.4, -0.2) is 18.4 Å². The van der Waals surface area contributed by atoms with Gasteiger partial charge in [-0.2, -0.15) is 0 Å². The van der Waals surface area contributed by atoms with Crippen molar-refractivity contribution in [2.45, 2.75) is 0 Å². The minimum absolute atomic E-state index is 0.0944. The Bertz CT molecular complexity index is 520. The molecule has 0 aromatic carbocycles. The van der Waals surface area contributed by atoms with Gasteiger partial charge < -0.3 is 0 Å². The van der Waals surface area contributed by atoms with Gasteiger partial charge in [0.25, 0.3) is 0 Å². The van der Waals surface area contributed by atoms with Crippen molar-refractivity contribution in [3.63, 3.8) is 0 Å². The first-order valence-electron chi connectivity index (χ1n) is 3.72. The molecule has 1 aromatic heterocycles. The Hall–Kier alpha value is -1.20. The number of hydrogen-bond donors (Lipinski definition) is 0. The highest BCUT2D eigenvalue weighted by molar-refractivity contribution is 8.11. The molecule has 0 amide bonds. The number of halogens is 1. The third kappa shape index (κ3) is 1.34. The van der Waals surface area contributed by atoms with Crippen molar-refractivity contribution in [3.05, 3.63) is 40.7 Å². The van der Waals surface area contributed by atoms with Gasteiger partial charge in [0.1, 0.15) is 5.69 Å². The Morgan fingerprint density at radius 3 is 2.57 bits per heavy atom. The van der Waals surface area contributed by atoms with Crippen LogP contribution in [0.2, 0.25) is 0 Å². The average molecular weight is 229 g/mol. The molecule has 0 saturated carbocycles. The molecule has 0 bridgehead atoms. The van der Waals surface area contributed by atoms with Crippen molar-refractivity contribution in [2.75, 3.05) is 0 Å². The lowest BCUT2D eigenvalue weighted by Crippen LogP contribution is -2.13. The number of pyridine rings is 1. The Morgan fingerprint density at radius 1 is 1.29 bits per heavy atom. The zero-order valence-electron chi connectivity index (χ0n) is 6.88. The summed E-state index contributed by atoms with van der Waals surface area (Å²) in [6, 6.07) is 4.95. The van der Waals surface area contributed by atoms with Crippen molar-refractivity contribution < 1.29 is 8.42 Å². The number of aromatic nitrogens is 1. The SMILES string of the molecule is O=S1(=O)C(Cl)=CN=C1c1ccccn1. The van der Waals surface area contributed by atoms with Crippen molar-refractivity contribution >= 4 is 26.5 Å². The zero-order valence-corrected chi connectivity index (χ0v) is 8.46. The van der Waals surface area contributed by atoms with Gasteiger partial charge >= 0.3 is 0 Å².